The molecular formula is C23H28Cl2N4O4S. The highest BCUT2D eigenvalue weighted by Crippen LogP contribution is 2.23. The van der Waals surface area contributed by atoms with E-state index in [0.717, 1.165) is 23.5 Å². The molecule has 184 valence electrons. The smallest absolute Gasteiger partial charge is 0.251 e. The highest BCUT2D eigenvalue weighted by atomic mass is 35.5. The average molecular weight is 527 g/mol. The summed E-state index contributed by atoms with van der Waals surface area (Å²) in [6.45, 7) is 3.26. The molecule has 5 N–H and O–H groups in total. The number of aliphatic hydroxyl groups excluding tert-OH is 1. The van der Waals surface area contributed by atoms with E-state index in [1.165, 1.54) is 11.8 Å². The number of nitrogens with one attached hydrogen (secondary N) is 2. The fraction of sp³-hybridized carbons (Fsp3) is 0.391. The molecule has 2 aromatic rings. The number of carbonyl (C=O) groups is 2. The molecule has 1 aliphatic rings. The van der Waals surface area contributed by atoms with E-state index in [1.807, 2.05) is 12.1 Å². The molecule has 0 radical (unpaired) electrons. The maximum atomic E-state index is 12.3. The number of hydrogen-bond donors (Lipinski definition) is 4. The van der Waals surface area contributed by atoms with Gasteiger partial charge in [-0.25, -0.2) is 0 Å². The molecule has 0 bridgehead atoms. The lowest BCUT2D eigenvalue weighted by Crippen LogP contribution is -2.47. The quantitative estimate of drug-likeness (QED) is 0.276. The zero-order chi connectivity index (χ0) is 24.5. The summed E-state index contributed by atoms with van der Waals surface area (Å²) in [7, 11) is 0. The van der Waals surface area contributed by atoms with Gasteiger partial charge in [0.05, 0.1) is 35.1 Å². The van der Waals surface area contributed by atoms with Crippen molar-refractivity contribution in [3.8, 4) is 0 Å². The van der Waals surface area contributed by atoms with Crippen LogP contribution >= 0.6 is 35.0 Å². The van der Waals surface area contributed by atoms with Gasteiger partial charge in [0.25, 0.3) is 5.91 Å². The zero-order valence-corrected chi connectivity index (χ0v) is 20.8. The molecule has 11 heteroatoms. The molecular weight excluding hydrogens is 499 g/mol. The SMILES string of the molecule is N[C@@H](O)CNC(=O)c1ccc(SCC(=O)NC[C@H]2CN(Cc3ccc(Cl)c(Cl)c3)CCO2)cc1. The second-order valence-corrected chi connectivity index (χ2v) is 9.73. The molecule has 0 saturated carbocycles. The van der Waals surface area contributed by atoms with Crippen molar-refractivity contribution in [2.75, 3.05) is 38.5 Å². The van der Waals surface area contributed by atoms with Crippen LogP contribution in [0.15, 0.2) is 47.4 Å². The van der Waals surface area contributed by atoms with E-state index in [1.54, 1.807) is 30.3 Å². The van der Waals surface area contributed by atoms with E-state index in [4.69, 9.17) is 38.8 Å². The lowest BCUT2D eigenvalue weighted by atomic mass is 10.2. The van der Waals surface area contributed by atoms with Crippen LogP contribution in [0.2, 0.25) is 10.0 Å². The Morgan fingerprint density at radius 3 is 2.65 bits per heavy atom. The van der Waals surface area contributed by atoms with Gasteiger partial charge >= 0.3 is 0 Å². The van der Waals surface area contributed by atoms with Crippen molar-refractivity contribution in [1.29, 1.82) is 0 Å². The van der Waals surface area contributed by atoms with E-state index in [9.17, 15) is 9.59 Å². The number of nitrogens with two attached hydrogens (primary N) is 1. The first-order valence-corrected chi connectivity index (χ1v) is 12.5. The summed E-state index contributed by atoms with van der Waals surface area (Å²) in [5.74, 6) is -0.154. The first-order chi connectivity index (χ1) is 16.3. The third kappa shape index (κ3) is 8.74. The lowest BCUT2D eigenvalue weighted by molar-refractivity contribution is -0.119. The minimum atomic E-state index is -1.10. The molecule has 1 saturated heterocycles. The first-order valence-electron chi connectivity index (χ1n) is 10.8. The predicted molar refractivity (Wildman–Crippen MR) is 134 cm³/mol. The maximum absolute atomic E-state index is 12.3. The fourth-order valence-corrected chi connectivity index (χ4v) is 4.42. The van der Waals surface area contributed by atoms with Crippen LogP contribution in [0.25, 0.3) is 0 Å². The minimum absolute atomic E-state index is 0.0204. The fourth-order valence-electron chi connectivity index (χ4n) is 3.37. The van der Waals surface area contributed by atoms with Crippen molar-refractivity contribution in [2.24, 2.45) is 5.73 Å². The van der Waals surface area contributed by atoms with Gasteiger partial charge in [0.2, 0.25) is 5.91 Å². The summed E-state index contributed by atoms with van der Waals surface area (Å²) >= 11 is 13.5. The van der Waals surface area contributed by atoms with Crippen LogP contribution in [0.4, 0.5) is 0 Å². The van der Waals surface area contributed by atoms with E-state index < -0.39 is 6.23 Å². The summed E-state index contributed by atoms with van der Waals surface area (Å²) in [6, 6.07) is 12.5. The van der Waals surface area contributed by atoms with Gasteiger partial charge in [-0.05, 0) is 42.0 Å². The number of morpholine rings is 1. The third-order valence-electron chi connectivity index (χ3n) is 5.10. The monoisotopic (exact) mass is 526 g/mol. The summed E-state index contributed by atoms with van der Waals surface area (Å²) in [6.07, 6.45) is -1.18. The van der Waals surface area contributed by atoms with E-state index in [2.05, 4.69) is 15.5 Å². The molecule has 0 aliphatic carbocycles. The number of carbonyl (C=O) groups excluding carboxylic acids is 2. The van der Waals surface area contributed by atoms with E-state index in [0.29, 0.717) is 35.3 Å². The number of amides is 2. The summed E-state index contributed by atoms with van der Waals surface area (Å²) < 4.78 is 5.80. The minimum Gasteiger partial charge on any atom is -0.377 e. The molecule has 34 heavy (non-hydrogen) atoms. The van der Waals surface area contributed by atoms with Gasteiger partial charge in [0.15, 0.2) is 0 Å². The molecule has 1 fully saturated rings. The molecule has 0 unspecified atom stereocenters. The van der Waals surface area contributed by atoms with Gasteiger partial charge in [-0.2, -0.15) is 0 Å². The second-order valence-electron chi connectivity index (χ2n) is 7.87. The Morgan fingerprint density at radius 1 is 1.18 bits per heavy atom. The Hall–Kier alpha value is -1.85. The Morgan fingerprint density at radius 2 is 1.94 bits per heavy atom. The molecule has 3 rings (SSSR count). The highest BCUT2D eigenvalue weighted by molar-refractivity contribution is 8.00. The van der Waals surface area contributed by atoms with Crippen molar-refractivity contribution in [1.82, 2.24) is 15.5 Å². The van der Waals surface area contributed by atoms with Crippen LogP contribution in [0.3, 0.4) is 0 Å². The topological polar surface area (TPSA) is 117 Å². The molecule has 2 amide bonds. The van der Waals surface area contributed by atoms with Crippen LogP contribution in [-0.4, -0.2) is 72.7 Å². The number of halogens is 2. The summed E-state index contributed by atoms with van der Waals surface area (Å²) in [5.41, 5.74) is 6.74. The number of ether oxygens (including phenoxy) is 1. The molecule has 0 spiro atoms. The van der Waals surface area contributed by atoms with E-state index in [-0.39, 0.29) is 30.2 Å². The third-order valence-corrected chi connectivity index (χ3v) is 6.85. The lowest BCUT2D eigenvalue weighted by Gasteiger charge is -2.33. The van der Waals surface area contributed by atoms with Gasteiger partial charge in [-0.3, -0.25) is 14.5 Å². The number of nitrogens with zero attached hydrogens (tertiary/aromatic N) is 1. The Kier molecular flexibility index (Phi) is 10.5. The predicted octanol–water partition coefficient (Wildman–Crippen LogP) is 2.11. The largest absolute Gasteiger partial charge is 0.377 e. The van der Waals surface area contributed by atoms with E-state index >= 15 is 0 Å². The molecule has 1 aliphatic heterocycles. The number of aliphatic hydroxyl groups is 1. The first kappa shape index (κ1) is 26.7. The molecule has 2 aromatic carbocycles. The van der Waals surface area contributed by atoms with Crippen LogP contribution in [-0.2, 0) is 16.1 Å². The van der Waals surface area contributed by atoms with Crippen LogP contribution in [0.1, 0.15) is 15.9 Å². The molecule has 1 heterocycles. The number of benzene rings is 2. The van der Waals surface area contributed by atoms with Crippen molar-refractivity contribution in [3.05, 3.63) is 63.6 Å². The number of thioether (sulfide) groups is 1. The average Bonchev–Trinajstić information content (AvgIpc) is 2.83. The summed E-state index contributed by atoms with van der Waals surface area (Å²) in [4.78, 5) is 27.4. The summed E-state index contributed by atoms with van der Waals surface area (Å²) in [5, 5.41) is 15.6. The van der Waals surface area contributed by atoms with Crippen molar-refractivity contribution in [3.63, 3.8) is 0 Å². The number of rotatable bonds is 10. The van der Waals surface area contributed by atoms with Gasteiger partial charge in [-0.15, -0.1) is 11.8 Å². The molecule has 2 atom stereocenters. The highest BCUT2D eigenvalue weighted by Gasteiger charge is 2.21. The molecule has 8 nitrogen and oxygen atoms in total. The van der Waals surface area contributed by atoms with Crippen molar-refractivity contribution < 1.29 is 19.4 Å². The Labute approximate surface area is 213 Å². The van der Waals surface area contributed by atoms with Gasteiger partial charge in [0, 0.05) is 36.6 Å². The number of hydrogen-bond acceptors (Lipinski definition) is 7. The normalized spacial score (nSPS) is 17.2. The van der Waals surface area contributed by atoms with Crippen LogP contribution in [0.5, 0.6) is 0 Å². The van der Waals surface area contributed by atoms with Crippen molar-refractivity contribution in [2.45, 2.75) is 23.8 Å². The van der Waals surface area contributed by atoms with Crippen molar-refractivity contribution >= 4 is 46.8 Å². The maximum Gasteiger partial charge on any atom is 0.251 e. The van der Waals surface area contributed by atoms with Gasteiger partial charge in [-0.1, -0.05) is 29.3 Å². The standard InChI is InChI=1S/C23H28Cl2N4O4S/c24-19-6-1-15(9-20(19)25)12-29-7-8-33-17(13-29)10-27-22(31)14-34-18-4-2-16(3-5-18)23(32)28-11-21(26)30/h1-6,9,17,21,30H,7-8,10-14,26H2,(H,27,31)(H,28,32)/t17-,21-/m0/s1. The van der Waals surface area contributed by atoms with Crippen LogP contribution < -0.4 is 16.4 Å². The van der Waals surface area contributed by atoms with Crippen LogP contribution in [0, 0.1) is 0 Å². The second kappa shape index (κ2) is 13.3. The zero-order valence-electron chi connectivity index (χ0n) is 18.5. The van der Waals surface area contributed by atoms with Gasteiger partial charge < -0.3 is 26.2 Å². The Balaban J connectivity index is 1.38. The molecule has 0 aromatic heterocycles. The Bertz CT molecular complexity index is 978. The van der Waals surface area contributed by atoms with Gasteiger partial charge in [0.1, 0.15) is 6.23 Å².